The Morgan fingerprint density at radius 3 is 2.19 bits per heavy atom. The first-order valence-electron chi connectivity index (χ1n) is 6.20. The van der Waals surface area contributed by atoms with Gasteiger partial charge in [-0.3, -0.25) is 0 Å². The Morgan fingerprint density at radius 2 is 1.67 bits per heavy atom. The first kappa shape index (κ1) is 15.2. The quantitative estimate of drug-likeness (QED) is 0.944. The third kappa shape index (κ3) is 3.66. The van der Waals surface area contributed by atoms with Crippen LogP contribution in [-0.2, 0) is 10.0 Å². The molecule has 108 valence electrons. The minimum Gasteiger partial charge on any atom is -0.207 e. The van der Waals surface area contributed by atoms with Crippen LogP contribution in [0.25, 0.3) is 0 Å². The van der Waals surface area contributed by atoms with Crippen LogP contribution < -0.4 is 4.72 Å². The Kier molecular flexibility index (Phi) is 4.36. The summed E-state index contributed by atoms with van der Waals surface area (Å²) in [6.45, 7) is 1.68. The number of benzene rings is 2. The molecule has 1 atom stereocenters. The Bertz CT molecular complexity index is 763. The molecule has 0 unspecified atom stereocenters. The van der Waals surface area contributed by atoms with Gasteiger partial charge >= 0.3 is 0 Å². The van der Waals surface area contributed by atoms with E-state index in [0.29, 0.717) is 11.1 Å². The SMILES string of the molecule is C[C@H](NS(=O)(=O)c1ccc(C#N)cc1)c1ccc(F)cc1. The van der Waals surface area contributed by atoms with E-state index in [1.807, 2.05) is 6.07 Å². The molecule has 0 aliphatic heterocycles. The number of nitriles is 1. The molecular weight excluding hydrogens is 291 g/mol. The predicted molar refractivity (Wildman–Crippen MR) is 76.3 cm³/mol. The minimum absolute atomic E-state index is 0.0791. The summed E-state index contributed by atoms with van der Waals surface area (Å²) in [4.78, 5) is 0.0791. The fourth-order valence-corrected chi connectivity index (χ4v) is 3.06. The van der Waals surface area contributed by atoms with Crippen molar-refractivity contribution < 1.29 is 12.8 Å². The van der Waals surface area contributed by atoms with Crippen molar-refractivity contribution in [1.82, 2.24) is 4.72 Å². The summed E-state index contributed by atoms with van der Waals surface area (Å²) in [5, 5.41) is 8.70. The summed E-state index contributed by atoms with van der Waals surface area (Å²) in [6.07, 6.45) is 0. The highest BCUT2D eigenvalue weighted by molar-refractivity contribution is 7.89. The molecule has 0 heterocycles. The molecule has 0 amide bonds. The lowest BCUT2D eigenvalue weighted by atomic mass is 10.1. The topological polar surface area (TPSA) is 70.0 Å². The smallest absolute Gasteiger partial charge is 0.207 e. The largest absolute Gasteiger partial charge is 0.241 e. The molecular formula is C15H13FN2O2S. The summed E-state index contributed by atoms with van der Waals surface area (Å²) in [7, 11) is -3.70. The highest BCUT2D eigenvalue weighted by Crippen LogP contribution is 2.17. The minimum atomic E-state index is -3.70. The predicted octanol–water partition coefficient (Wildman–Crippen LogP) is 2.74. The van der Waals surface area contributed by atoms with E-state index in [-0.39, 0.29) is 10.7 Å². The third-order valence-electron chi connectivity index (χ3n) is 3.00. The van der Waals surface area contributed by atoms with Crippen molar-refractivity contribution in [3.63, 3.8) is 0 Å². The molecule has 2 rings (SSSR count). The maximum absolute atomic E-state index is 12.9. The first-order valence-corrected chi connectivity index (χ1v) is 7.68. The maximum Gasteiger partial charge on any atom is 0.241 e. The van der Waals surface area contributed by atoms with E-state index in [4.69, 9.17) is 5.26 Å². The average Bonchev–Trinajstić information content (AvgIpc) is 2.47. The average molecular weight is 304 g/mol. The fourth-order valence-electron chi connectivity index (χ4n) is 1.83. The molecule has 6 heteroatoms. The second-order valence-corrected chi connectivity index (χ2v) is 6.24. The summed E-state index contributed by atoms with van der Waals surface area (Å²) >= 11 is 0. The Balaban J connectivity index is 2.20. The molecule has 0 bridgehead atoms. The highest BCUT2D eigenvalue weighted by atomic mass is 32.2. The van der Waals surface area contributed by atoms with E-state index in [1.165, 1.54) is 48.5 Å². The van der Waals surface area contributed by atoms with Crippen molar-refractivity contribution in [1.29, 1.82) is 5.26 Å². The third-order valence-corrected chi connectivity index (χ3v) is 4.55. The van der Waals surface area contributed by atoms with E-state index < -0.39 is 16.1 Å². The van der Waals surface area contributed by atoms with E-state index >= 15 is 0 Å². The van der Waals surface area contributed by atoms with Crippen LogP contribution in [0.3, 0.4) is 0 Å². The van der Waals surface area contributed by atoms with Crippen LogP contribution in [0.5, 0.6) is 0 Å². The zero-order valence-corrected chi connectivity index (χ0v) is 12.1. The van der Waals surface area contributed by atoms with Gasteiger partial charge in [-0.1, -0.05) is 12.1 Å². The zero-order valence-electron chi connectivity index (χ0n) is 11.2. The van der Waals surface area contributed by atoms with Gasteiger partial charge in [0.05, 0.1) is 16.5 Å². The highest BCUT2D eigenvalue weighted by Gasteiger charge is 2.18. The lowest BCUT2D eigenvalue weighted by Crippen LogP contribution is -2.26. The van der Waals surface area contributed by atoms with Crippen LogP contribution in [-0.4, -0.2) is 8.42 Å². The number of rotatable bonds is 4. The number of sulfonamides is 1. The van der Waals surface area contributed by atoms with Gasteiger partial charge in [-0.25, -0.2) is 17.5 Å². The summed E-state index contributed by atoms with van der Waals surface area (Å²) in [5.74, 6) is -0.374. The normalized spacial score (nSPS) is 12.6. The van der Waals surface area contributed by atoms with Crippen LogP contribution in [0.15, 0.2) is 53.4 Å². The number of nitrogens with zero attached hydrogens (tertiary/aromatic N) is 1. The van der Waals surface area contributed by atoms with E-state index in [1.54, 1.807) is 6.92 Å². The molecule has 2 aromatic rings. The molecule has 0 saturated heterocycles. The van der Waals surface area contributed by atoms with Crippen molar-refractivity contribution >= 4 is 10.0 Å². The molecule has 1 N–H and O–H groups in total. The van der Waals surface area contributed by atoms with Gasteiger partial charge in [0.1, 0.15) is 5.82 Å². The second kappa shape index (κ2) is 6.04. The second-order valence-electron chi connectivity index (χ2n) is 4.53. The molecule has 0 aliphatic rings. The van der Waals surface area contributed by atoms with Gasteiger partial charge in [-0.2, -0.15) is 5.26 Å². The Labute approximate surface area is 122 Å². The molecule has 0 saturated carbocycles. The lowest BCUT2D eigenvalue weighted by Gasteiger charge is -2.14. The molecule has 0 radical (unpaired) electrons. The van der Waals surface area contributed by atoms with Crippen LogP contribution >= 0.6 is 0 Å². The molecule has 4 nitrogen and oxygen atoms in total. The van der Waals surface area contributed by atoms with Gasteiger partial charge < -0.3 is 0 Å². The summed E-state index contributed by atoms with van der Waals surface area (Å²) < 4.78 is 39.8. The van der Waals surface area contributed by atoms with Crippen LogP contribution in [0, 0.1) is 17.1 Å². The molecule has 21 heavy (non-hydrogen) atoms. The Morgan fingerprint density at radius 1 is 1.10 bits per heavy atom. The van der Waals surface area contributed by atoms with Crippen molar-refractivity contribution in [2.75, 3.05) is 0 Å². The van der Waals surface area contributed by atoms with Crippen LogP contribution in [0.4, 0.5) is 4.39 Å². The molecule has 0 spiro atoms. The monoisotopic (exact) mass is 304 g/mol. The van der Waals surface area contributed by atoms with E-state index in [0.717, 1.165) is 0 Å². The first-order chi connectivity index (χ1) is 9.92. The lowest BCUT2D eigenvalue weighted by molar-refractivity contribution is 0.566. The summed E-state index contributed by atoms with van der Waals surface area (Å²) in [6, 6.07) is 12.7. The van der Waals surface area contributed by atoms with E-state index in [2.05, 4.69) is 4.72 Å². The molecule has 2 aromatic carbocycles. The van der Waals surface area contributed by atoms with Gasteiger partial charge in [0.25, 0.3) is 0 Å². The molecule has 0 aromatic heterocycles. The fraction of sp³-hybridized carbons (Fsp3) is 0.133. The van der Waals surface area contributed by atoms with Crippen molar-refractivity contribution in [2.45, 2.75) is 17.9 Å². The van der Waals surface area contributed by atoms with Crippen LogP contribution in [0.1, 0.15) is 24.1 Å². The number of hydrogen-bond donors (Lipinski definition) is 1. The van der Waals surface area contributed by atoms with Crippen molar-refractivity contribution in [3.8, 4) is 6.07 Å². The van der Waals surface area contributed by atoms with Gasteiger partial charge in [0.2, 0.25) is 10.0 Å². The zero-order chi connectivity index (χ0) is 15.5. The van der Waals surface area contributed by atoms with Crippen molar-refractivity contribution in [3.05, 3.63) is 65.5 Å². The maximum atomic E-state index is 12.9. The summed E-state index contributed by atoms with van der Waals surface area (Å²) in [5.41, 5.74) is 1.05. The van der Waals surface area contributed by atoms with Gasteiger partial charge in [-0.05, 0) is 48.9 Å². The number of hydrogen-bond acceptors (Lipinski definition) is 3. The standard InChI is InChI=1S/C15H13FN2O2S/c1-11(13-4-6-14(16)7-5-13)18-21(19,20)15-8-2-12(10-17)3-9-15/h2-9,11,18H,1H3/t11-/m0/s1. The number of nitrogens with one attached hydrogen (secondary N) is 1. The number of halogens is 1. The van der Waals surface area contributed by atoms with Gasteiger partial charge in [-0.15, -0.1) is 0 Å². The van der Waals surface area contributed by atoms with Gasteiger partial charge in [0, 0.05) is 6.04 Å². The molecule has 0 aliphatic carbocycles. The van der Waals surface area contributed by atoms with Crippen LogP contribution in [0.2, 0.25) is 0 Å². The molecule has 0 fully saturated rings. The van der Waals surface area contributed by atoms with E-state index in [9.17, 15) is 12.8 Å². The van der Waals surface area contributed by atoms with Crippen molar-refractivity contribution in [2.24, 2.45) is 0 Å². The Hall–Kier alpha value is -2.23. The van der Waals surface area contributed by atoms with Gasteiger partial charge in [0.15, 0.2) is 0 Å².